The van der Waals surface area contributed by atoms with Crippen molar-refractivity contribution >= 4 is 0 Å². The molecule has 0 saturated heterocycles. The molecule has 0 aliphatic heterocycles. The Bertz CT molecular complexity index is 116. The van der Waals surface area contributed by atoms with Crippen LogP contribution in [0.4, 0.5) is 0 Å². The van der Waals surface area contributed by atoms with Crippen molar-refractivity contribution in [3.05, 3.63) is 0 Å². The smallest absolute Gasteiger partial charge is 0.0591 e. The molecule has 3 heteroatoms. The number of ether oxygens (including phenoxy) is 1. The van der Waals surface area contributed by atoms with E-state index in [1.54, 1.807) is 0 Å². The van der Waals surface area contributed by atoms with Crippen molar-refractivity contribution in [2.75, 3.05) is 26.3 Å². The highest BCUT2D eigenvalue weighted by atomic mass is 16.5. The fraction of sp³-hybridized carbons (Fsp3) is 1.00. The van der Waals surface area contributed by atoms with Crippen LogP contribution in [0.2, 0.25) is 0 Å². The van der Waals surface area contributed by atoms with Gasteiger partial charge in [0.15, 0.2) is 0 Å². The molecule has 0 bridgehead atoms. The van der Waals surface area contributed by atoms with Crippen molar-refractivity contribution in [3.8, 4) is 0 Å². The van der Waals surface area contributed by atoms with Crippen LogP contribution in [0.1, 0.15) is 40.0 Å². The highest BCUT2D eigenvalue weighted by Gasteiger charge is 2.21. The van der Waals surface area contributed by atoms with E-state index in [2.05, 4.69) is 26.1 Å². The van der Waals surface area contributed by atoms with E-state index in [0.29, 0.717) is 18.7 Å². The first-order chi connectivity index (χ1) is 6.74. The lowest BCUT2D eigenvalue weighted by molar-refractivity contribution is 0.132. The minimum absolute atomic E-state index is 0.312. The van der Waals surface area contributed by atoms with E-state index in [-0.39, 0.29) is 0 Å². The molecule has 86 valence electrons. The third-order valence-corrected chi connectivity index (χ3v) is 3.04. The van der Waals surface area contributed by atoms with Crippen LogP contribution in [0.15, 0.2) is 0 Å². The molecule has 0 aromatic heterocycles. The minimum Gasteiger partial charge on any atom is -0.379 e. The minimum atomic E-state index is 0.312. The second kappa shape index (κ2) is 8.21. The van der Waals surface area contributed by atoms with Gasteiger partial charge in [0.05, 0.1) is 13.2 Å². The van der Waals surface area contributed by atoms with Gasteiger partial charge in [-0.2, -0.15) is 0 Å². The van der Waals surface area contributed by atoms with Crippen LogP contribution in [0, 0.1) is 0 Å². The summed E-state index contributed by atoms with van der Waals surface area (Å²) < 4.78 is 5.32. The zero-order chi connectivity index (χ0) is 10.9. The van der Waals surface area contributed by atoms with Crippen molar-refractivity contribution in [3.63, 3.8) is 0 Å². The summed E-state index contributed by atoms with van der Waals surface area (Å²) in [6, 6.07) is 0. The molecule has 0 aromatic carbocycles. The fourth-order valence-electron chi connectivity index (χ4n) is 1.70. The van der Waals surface area contributed by atoms with Gasteiger partial charge in [-0.25, -0.2) is 0 Å². The Morgan fingerprint density at radius 1 is 1.07 bits per heavy atom. The predicted molar refractivity (Wildman–Crippen MR) is 61.5 cm³/mol. The van der Waals surface area contributed by atoms with E-state index in [4.69, 9.17) is 10.5 Å². The van der Waals surface area contributed by atoms with Crippen molar-refractivity contribution in [2.45, 2.75) is 45.6 Å². The second-order valence-corrected chi connectivity index (χ2v) is 3.67. The van der Waals surface area contributed by atoms with Crippen LogP contribution < -0.4 is 11.1 Å². The van der Waals surface area contributed by atoms with Crippen molar-refractivity contribution in [1.82, 2.24) is 5.32 Å². The summed E-state index contributed by atoms with van der Waals surface area (Å²) in [5.74, 6) is 0. The Labute approximate surface area is 88.4 Å². The molecule has 0 aliphatic rings. The first-order valence-electron chi connectivity index (χ1n) is 5.77. The predicted octanol–water partition coefficient (Wildman–Crippen LogP) is 1.52. The van der Waals surface area contributed by atoms with Crippen molar-refractivity contribution < 1.29 is 4.74 Å². The van der Waals surface area contributed by atoms with Gasteiger partial charge in [-0.3, -0.25) is 0 Å². The third kappa shape index (κ3) is 4.94. The summed E-state index contributed by atoms with van der Waals surface area (Å²) in [5.41, 5.74) is 5.64. The lowest BCUT2D eigenvalue weighted by Crippen LogP contribution is -2.45. The zero-order valence-electron chi connectivity index (χ0n) is 9.94. The largest absolute Gasteiger partial charge is 0.379 e. The maximum atomic E-state index is 5.33. The maximum absolute atomic E-state index is 5.33. The van der Waals surface area contributed by atoms with Gasteiger partial charge in [-0.15, -0.1) is 0 Å². The molecule has 0 unspecified atom stereocenters. The molecule has 0 amide bonds. The Morgan fingerprint density at radius 3 is 2.07 bits per heavy atom. The standard InChI is InChI=1S/C11H26N2O/c1-4-11(5-2,6-3)13-8-10-14-9-7-12/h13H,4-10,12H2,1-3H3. The van der Waals surface area contributed by atoms with E-state index in [1.807, 2.05) is 0 Å². The van der Waals surface area contributed by atoms with Gasteiger partial charge < -0.3 is 15.8 Å². The van der Waals surface area contributed by atoms with Crippen molar-refractivity contribution in [2.24, 2.45) is 5.73 Å². The first kappa shape index (κ1) is 13.9. The summed E-state index contributed by atoms with van der Waals surface area (Å²) >= 11 is 0. The monoisotopic (exact) mass is 202 g/mol. The molecular weight excluding hydrogens is 176 g/mol. The normalized spacial score (nSPS) is 12.0. The molecule has 0 fully saturated rings. The molecule has 0 saturated carbocycles. The Hall–Kier alpha value is -0.120. The molecule has 14 heavy (non-hydrogen) atoms. The lowest BCUT2D eigenvalue weighted by atomic mass is 9.90. The van der Waals surface area contributed by atoms with Gasteiger partial charge >= 0.3 is 0 Å². The maximum Gasteiger partial charge on any atom is 0.0591 e. The Balaban J connectivity index is 3.61. The number of nitrogens with one attached hydrogen (secondary N) is 1. The van der Waals surface area contributed by atoms with Crippen LogP contribution in [-0.2, 0) is 4.74 Å². The molecule has 0 rings (SSSR count). The molecule has 0 aromatic rings. The number of hydrogen-bond acceptors (Lipinski definition) is 3. The van der Waals surface area contributed by atoms with E-state index in [0.717, 1.165) is 13.2 Å². The van der Waals surface area contributed by atoms with E-state index >= 15 is 0 Å². The van der Waals surface area contributed by atoms with Gasteiger partial charge in [0.2, 0.25) is 0 Å². The molecule has 0 spiro atoms. The first-order valence-corrected chi connectivity index (χ1v) is 5.77. The van der Waals surface area contributed by atoms with Crippen LogP contribution in [0.25, 0.3) is 0 Å². The lowest BCUT2D eigenvalue weighted by Gasteiger charge is -2.32. The SMILES string of the molecule is CCC(CC)(CC)NCCOCCN. The molecule has 0 heterocycles. The van der Waals surface area contributed by atoms with Crippen LogP contribution in [0.5, 0.6) is 0 Å². The number of nitrogens with two attached hydrogens (primary N) is 1. The van der Waals surface area contributed by atoms with E-state index < -0.39 is 0 Å². The van der Waals surface area contributed by atoms with Gasteiger partial charge in [-0.1, -0.05) is 20.8 Å². The summed E-state index contributed by atoms with van der Waals surface area (Å²) in [4.78, 5) is 0. The van der Waals surface area contributed by atoms with E-state index in [9.17, 15) is 0 Å². The summed E-state index contributed by atoms with van der Waals surface area (Å²) in [6.07, 6.45) is 3.53. The molecule has 0 atom stereocenters. The van der Waals surface area contributed by atoms with Crippen LogP contribution >= 0.6 is 0 Å². The van der Waals surface area contributed by atoms with Gasteiger partial charge in [0.1, 0.15) is 0 Å². The van der Waals surface area contributed by atoms with Gasteiger partial charge in [0.25, 0.3) is 0 Å². The summed E-state index contributed by atoms with van der Waals surface area (Å²) in [5, 5.41) is 3.58. The van der Waals surface area contributed by atoms with E-state index in [1.165, 1.54) is 19.3 Å². The zero-order valence-corrected chi connectivity index (χ0v) is 9.94. The molecule has 0 aliphatic carbocycles. The Morgan fingerprint density at radius 2 is 1.64 bits per heavy atom. The second-order valence-electron chi connectivity index (χ2n) is 3.67. The Kier molecular flexibility index (Phi) is 8.14. The third-order valence-electron chi connectivity index (χ3n) is 3.04. The average molecular weight is 202 g/mol. The topological polar surface area (TPSA) is 47.3 Å². The molecule has 3 N–H and O–H groups in total. The fourth-order valence-corrected chi connectivity index (χ4v) is 1.70. The quantitative estimate of drug-likeness (QED) is 0.557. The molecular formula is C11H26N2O. The molecule has 3 nitrogen and oxygen atoms in total. The van der Waals surface area contributed by atoms with Gasteiger partial charge in [0, 0.05) is 18.6 Å². The summed E-state index contributed by atoms with van der Waals surface area (Å²) in [6.45, 7) is 9.68. The molecule has 0 radical (unpaired) electrons. The average Bonchev–Trinajstić information content (AvgIpc) is 2.24. The summed E-state index contributed by atoms with van der Waals surface area (Å²) in [7, 11) is 0. The van der Waals surface area contributed by atoms with Gasteiger partial charge in [-0.05, 0) is 19.3 Å². The van der Waals surface area contributed by atoms with Crippen molar-refractivity contribution in [1.29, 1.82) is 0 Å². The highest BCUT2D eigenvalue weighted by molar-refractivity contribution is 4.83. The number of rotatable bonds is 9. The van der Waals surface area contributed by atoms with Crippen LogP contribution in [-0.4, -0.2) is 31.8 Å². The van der Waals surface area contributed by atoms with Crippen LogP contribution in [0.3, 0.4) is 0 Å². The highest BCUT2D eigenvalue weighted by Crippen LogP contribution is 2.18. The number of hydrogen-bond donors (Lipinski definition) is 2.